The number of halogens is 1. The number of aliphatic hydroxyl groups excluding tert-OH is 1. The molecular formula is C18H20ClNO3. The van der Waals surface area contributed by atoms with E-state index >= 15 is 0 Å². The van der Waals surface area contributed by atoms with Crippen molar-refractivity contribution in [3.05, 3.63) is 52.9 Å². The monoisotopic (exact) mass is 333 g/mol. The lowest BCUT2D eigenvalue weighted by molar-refractivity contribution is 0.199. The zero-order valence-electron chi connectivity index (χ0n) is 13.0. The van der Waals surface area contributed by atoms with E-state index in [0.29, 0.717) is 23.6 Å². The van der Waals surface area contributed by atoms with Crippen molar-refractivity contribution in [2.75, 3.05) is 13.2 Å². The number of aryl methyl sites for hydroxylation is 1. The Morgan fingerprint density at radius 3 is 2.70 bits per heavy atom. The third-order valence-corrected chi connectivity index (χ3v) is 3.55. The number of hydrogen-bond acceptors (Lipinski definition) is 4. The zero-order chi connectivity index (χ0) is 16.7. The summed E-state index contributed by atoms with van der Waals surface area (Å²) in [5.74, 6) is 7.91. The SMILES string of the molecule is C[C@](N)(CO)CCc1ccc(C#CCOc2ccc(Cl)cc2)o1. The molecule has 0 radical (unpaired) electrons. The van der Waals surface area contributed by atoms with Crippen LogP contribution in [-0.2, 0) is 6.42 Å². The predicted octanol–water partition coefficient (Wildman–Crippen LogP) is 3.01. The molecule has 2 rings (SSSR count). The standard InChI is InChI=1S/C18H20ClNO3/c1-18(20,13-21)11-10-17-9-8-16(23-17)3-2-12-22-15-6-4-14(19)5-7-15/h4-9,21H,10-13,20H2,1H3/t18-/m1/s1. The van der Waals surface area contributed by atoms with Crippen molar-refractivity contribution in [3.63, 3.8) is 0 Å². The molecule has 0 aliphatic rings. The second-order valence-electron chi connectivity index (χ2n) is 5.62. The van der Waals surface area contributed by atoms with E-state index in [1.807, 2.05) is 19.1 Å². The summed E-state index contributed by atoms with van der Waals surface area (Å²) < 4.78 is 11.1. The van der Waals surface area contributed by atoms with Crippen molar-refractivity contribution in [3.8, 4) is 17.6 Å². The molecule has 0 saturated carbocycles. The summed E-state index contributed by atoms with van der Waals surface area (Å²) in [4.78, 5) is 0. The van der Waals surface area contributed by atoms with E-state index in [0.717, 1.165) is 11.5 Å². The highest BCUT2D eigenvalue weighted by atomic mass is 35.5. The van der Waals surface area contributed by atoms with Gasteiger partial charge in [0.05, 0.1) is 6.61 Å². The fourth-order valence-corrected chi connectivity index (χ4v) is 1.97. The Kier molecular flexibility index (Phi) is 6.12. The Balaban J connectivity index is 1.81. The van der Waals surface area contributed by atoms with Gasteiger partial charge in [0.1, 0.15) is 18.1 Å². The van der Waals surface area contributed by atoms with Crippen LogP contribution in [0.25, 0.3) is 0 Å². The topological polar surface area (TPSA) is 68.6 Å². The predicted molar refractivity (Wildman–Crippen MR) is 90.5 cm³/mol. The molecular weight excluding hydrogens is 314 g/mol. The summed E-state index contributed by atoms with van der Waals surface area (Å²) >= 11 is 5.80. The van der Waals surface area contributed by atoms with E-state index in [1.54, 1.807) is 24.3 Å². The van der Waals surface area contributed by atoms with E-state index in [-0.39, 0.29) is 13.2 Å². The largest absolute Gasteiger partial charge is 0.481 e. The van der Waals surface area contributed by atoms with Crippen molar-refractivity contribution in [1.82, 2.24) is 0 Å². The van der Waals surface area contributed by atoms with Crippen LogP contribution < -0.4 is 10.5 Å². The van der Waals surface area contributed by atoms with Crippen LogP contribution in [-0.4, -0.2) is 23.9 Å². The molecule has 1 heterocycles. The normalized spacial score (nSPS) is 13.0. The van der Waals surface area contributed by atoms with E-state index in [9.17, 15) is 0 Å². The minimum absolute atomic E-state index is 0.0532. The Labute approximate surface area is 141 Å². The maximum absolute atomic E-state index is 9.13. The van der Waals surface area contributed by atoms with Crippen LogP contribution in [0.1, 0.15) is 24.9 Å². The van der Waals surface area contributed by atoms with Gasteiger partial charge in [-0.3, -0.25) is 0 Å². The molecule has 1 aromatic carbocycles. The first kappa shape index (κ1) is 17.4. The molecule has 23 heavy (non-hydrogen) atoms. The number of aliphatic hydroxyl groups is 1. The number of benzene rings is 1. The highest BCUT2D eigenvalue weighted by Gasteiger charge is 2.17. The lowest BCUT2D eigenvalue weighted by atomic mass is 9.98. The molecule has 2 aromatic rings. The van der Waals surface area contributed by atoms with Gasteiger partial charge in [-0.15, -0.1) is 0 Å². The number of hydrogen-bond donors (Lipinski definition) is 2. The molecule has 0 unspecified atom stereocenters. The first-order chi connectivity index (χ1) is 11.0. The molecule has 1 atom stereocenters. The fourth-order valence-electron chi connectivity index (χ4n) is 1.84. The van der Waals surface area contributed by atoms with E-state index < -0.39 is 5.54 Å². The molecule has 1 aromatic heterocycles. The molecule has 0 aliphatic heterocycles. The Morgan fingerprint density at radius 2 is 2.00 bits per heavy atom. The third-order valence-electron chi connectivity index (χ3n) is 3.30. The Bertz CT molecular complexity index is 680. The van der Waals surface area contributed by atoms with Crippen molar-refractivity contribution in [2.24, 2.45) is 5.73 Å². The molecule has 0 amide bonds. The Morgan fingerprint density at radius 1 is 1.26 bits per heavy atom. The molecule has 0 saturated heterocycles. The molecule has 0 spiro atoms. The number of ether oxygens (including phenoxy) is 1. The van der Waals surface area contributed by atoms with Crippen molar-refractivity contribution in [1.29, 1.82) is 0 Å². The summed E-state index contributed by atoms with van der Waals surface area (Å²) in [6.45, 7) is 2.02. The highest BCUT2D eigenvalue weighted by Crippen LogP contribution is 2.15. The van der Waals surface area contributed by atoms with Gasteiger partial charge in [-0.25, -0.2) is 0 Å². The number of nitrogens with two attached hydrogens (primary N) is 1. The lowest BCUT2D eigenvalue weighted by Gasteiger charge is -2.20. The Hall–Kier alpha value is -1.93. The van der Waals surface area contributed by atoms with Gasteiger partial charge < -0.3 is 20.0 Å². The molecule has 0 aliphatic carbocycles. The van der Waals surface area contributed by atoms with Gasteiger partial charge in [0.15, 0.2) is 5.76 Å². The minimum Gasteiger partial charge on any atom is -0.481 e. The fraction of sp³-hybridized carbons (Fsp3) is 0.333. The van der Waals surface area contributed by atoms with Crippen LogP contribution in [0, 0.1) is 11.8 Å². The van der Waals surface area contributed by atoms with Gasteiger partial charge in [-0.05, 0) is 55.7 Å². The second kappa shape index (κ2) is 8.07. The van der Waals surface area contributed by atoms with Crippen LogP contribution in [0.15, 0.2) is 40.8 Å². The maximum atomic E-state index is 9.13. The summed E-state index contributed by atoms with van der Waals surface area (Å²) in [6, 6.07) is 10.8. The van der Waals surface area contributed by atoms with E-state index in [2.05, 4.69) is 11.8 Å². The first-order valence-electron chi connectivity index (χ1n) is 7.34. The molecule has 0 fully saturated rings. The van der Waals surface area contributed by atoms with E-state index in [1.165, 1.54) is 0 Å². The number of rotatable bonds is 6. The average molecular weight is 334 g/mol. The molecule has 3 N–H and O–H groups in total. The molecule has 5 heteroatoms. The summed E-state index contributed by atoms with van der Waals surface area (Å²) in [6.07, 6.45) is 1.31. The summed E-state index contributed by atoms with van der Waals surface area (Å²) in [7, 11) is 0. The van der Waals surface area contributed by atoms with Crippen LogP contribution in [0.3, 0.4) is 0 Å². The quantitative estimate of drug-likeness (QED) is 0.797. The molecule has 0 bridgehead atoms. The van der Waals surface area contributed by atoms with Gasteiger partial charge in [0.2, 0.25) is 0 Å². The van der Waals surface area contributed by atoms with Gasteiger partial charge in [-0.2, -0.15) is 0 Å². The zero-order valence-corrected chi connectivity index (χ0v) is 13.8. The lowest BCUT2D eigenvalue weighted by Crippen LogP contribution is -2.40. The maximum Gasteiger partial charge on any atom is 0.177 e. The van der Waals surface area contributed by atoms with Crippen molar-refractivity contribution < 1.29 is 14.3 Å². The molecule has 122 valence electrons. The molecule has 4 nitrogen and oxygen atoms in total. The minimum atomic E-state index is -0.592. The highest BCUT2D eigenvalue weighted by molar-refractivity contribution is 6.30. The van der Waals surface area contributed by atoms with Crippen LogP contribution in [0.4, 0.5) is 0 Å². The van der Waals surface area contributed by atoms with Gasteiger partial charge >= 0.3 is 0 Å². The number of furan rings is 1. The average Bonchev–Trinajstić information content (AvgIpc) is 2.99. The van der Waals surface area contributed by atoms with Crippen LogP contribution >= 0.6 is 11.6 Å². The second-order valence-corrected chi connectivity index (χ2v) is 6.06. The van der Waals surface area contributed by atoms with Gasteiger partial charge in [-0.1, -0.05) is 17.5 Å². The van der Waals surface area contributed by atoms with Gasteiger partial charge in [0, 0.05) is 17.0 Å². The smallest absolute Gasteiger partial charge is 0.177 e. The summed E-state index contributed by atoms with van der Waals surface area (Å²) in [5.41, 5.74) is 5.30. The van der Waals surface area contributed by atoms with Gasteiger partial charge in [0.25, 0.3) is 0 Å². The van der Waals surface area contributed by atoms with E-state index in [4.69, 9.17) is 31.6 Å². The van der Waals surface area contributed by atoms with Crippen molar-refractivity contribution in [2.45, 2.75) is 25.3 Å². The summed E-state index contributed by atoms with van der Waals surface area (Å²) in [5, 5.41) is 9.80. The van der Waals surface area contributed by atoms with Crippen LogP contribution in [0.5, 0.6) is 5.75 Å². The van der Waals surface area contributed by atoms with Crippen molar-refractivity contribution >= 4 is 11.6 Å². The first-order valence-corrected chi connectivity index (χ1v) is 7.72. The van der Waals surface area contributed by atoms with Crippen LogP contribution in [0.2, 0.25) is 5.02 Å². The third kappa shape index (κ3) is 5.99.